The molecule has 1 aromatic heterocycles. The first-order valence-corrected chi connectivity index (χ1v) is 14.8. The second-order valence-corrected chi connectivity index (χ2v) is 10.9. The van der Waals surface area contributed by atoms with Gasteiger partial charge in [-0.15, -0.1) is 0 Å². The van der Waals surface area contributed by atoms with Crippen LogP contribution in [0.15, 0.2) is 164 Å². The maximum Gasteiger partial charge on any atom is 0.164 e. The monoisotopic (exact) mass is 561 g/mol. The second kappa shape index (κ2) is 11.0. The van der Waals surface area contributed by atoms with E-state index in [1.165, 1.54) is 27.3 Å². The van der Waals surface area contributed by atoms with Gasteiger partial charge in [0.1, 0.15) is 0 Å². The maximum atomic E-state index is 5.03. The van der Waals surface area contributed by atoms with E-state index >= 15 is 0 Å². The molecule has 0 aliphatic carbocycles. The molecule has 3 nitrogen and oxygen atoms in total. The van der Waals surface area contributed by atoms with Crippen LogP contribution in [0.25, 0.3) is 78.0 Å². The van der Waals surface area contributed by atoms with Gasteiger partial charge in [0.25, 0.3) is 0 Å². The minimum absolute atomic E-state index is 0.650. The van der Waals surface area contributed by atoms with Gasteiger partial charge in [0.2, 0.25) is 0 Å². The molecule has 0 fully saturated rings. The van der Waals surface area contributed by atoms with Gasteiger partial charge in [-0.05, 0) is 62.0 Å². The summed E-state index contributed by atoms with van der Waals surface area (Å²) in [5, 5.41) is 4.82. The van der Waals surface area contributed by atoms with Crippen LogP contribution in [-0.2, 0) is 0 Å². The molecule has 0 amide bonds. The van der Waals surface area contributed by atoms with Crippen molar-refractivity contribution in [2.45, 2.75) is 0 Å². The van der Waals surface area contributed by atoms with E-state index in [0.29, 0.717) is 17.5 Å². The average Bonchev–Trinajstić information content (AvgIpc) is 3.11. The number of rotatable bonds is 5. The molecule has 0 spiro atoms. The van der Waals surface area contributed by atoms with E-state index in [-0.39, 0.29) is 0 Å². The highest BCUT2D eigenvalue weighted by molar-refractivity contribution is 6.00. The van der Waals surface area contributed by atoms with Gasteiger partial charge in [-0.2, -0.15) is 0 Å². The molecular formula is C41H27N3. The van der Waals surface area contributed by atoms with Gasteiger partial charge in [-0.1, -0.05) is 146 Å². The Labute approximate surface area is 256 Å². The highest BCUT2D eigenvalue weighted by Crippen LogP contribution is 2.34. The van der Waals surface area contributed by atoms with E-state index in [2.05, 4.69) is 127 Å². The lowest BCUT2D eigenvalue weighted by atomic mass is 9.95. The van der Waals surface area contributed by atoms with Gasteiger partial charge < -0.3 is 0 Å². The molecule has 0 radical (unpaired) electrons. The topological polar surface area (TPSA) is 38.7 Å². The van der Waals surface area contributed by atoms with Crippen molar-refractivity contribution in [3.05, 3.63) is 164 Å². The van der Waals surface area contributed by atoms with Crippen molar-refractivity contribution < 1.29 is 0 Å². The van der Waals surface area contributed by atoms with E-state index in [1.807, 2.05) is 36.4 Å². The Balaban J connectivity index is 1.25. The number of hydrogen-bond acceptors (Lipinski definition) is 3. The highest BCUT2D eigenvalue weighted by atomic mass is 15.0. The van der Waals surface area contributed by atoms with Crippen LogP contribution in [0.1, 0.15) is 0 Å². The maximum absolute atomic E-state index is 5.03. The minimum Gasteiger partial charge on any atom is -0.208 e. The third-order valence-electron chi connectivity index (χ3n) is 8.09. The van der Waals surface area contributed by atoms with Gasteiger partial charge in [-0.25, -0.2) is 15.0 Å². The predicted octanol–water partition coefficient (Wildman–Crippen LogP) is 10.5. The smallest absolute Gasteiger partial charge is 0.164 e. The fourth-order valence-electron chi connectivity index (χ4n) is 5.85. The van der Waals surface area contributed by atoms with Gasteiger partial charge in [0.05, 0.1) is 0 Å². The van der Waals surface area contributed by atoms with Crippen molar-refractivity contribution in [1.29, 1.82) is 0 Å². The first-order chi connectivity index (χ1) is 21.8. The molecule has 44 heavy (non-hydrogen) atoms. The van der Waals surface area contributed by atoms with Crippen LogP contribution in [0, 0.1) is 0 Å². The van der Waals surface area contributed by atoms with Gasteiger partial charge in [0, 0.05) is 16.7 Å². The molecule has 7 aromatic carbocycles. The zero-order valence-electron chi connectivity index (χ0n) is 23.9. The zero-order chi connectivity index (χ0) is 29.3. The van der Waals surface area contributed by atoms with Crippen molar-refractivity contribution in [3.63, 3.8) is 0 Å². The Morgan fingerprint density at radius 2 is 0.795 bits per heavy atom. The standard InChI is InChI=1S/C41H27N3/c1-3-11-28(12-4-1)32-17-9-19-35(26-32)40-42-39(30-14-5-2-6-15-30)43-41(44-40)36-23-24-38-33(27-36)18-10-20-37(38)34-22-21-29-13-7-8-16-31(29)25-34/h1-27H. The van der Waals surface area contributed by atoms with Crippen LogP contribution in [0.3, 0.4) is 0 Å². The lowest BCUT2D eigenvalue weighted by molar-refractivity contribution is 1.07. The van der Waals surface area contributed by atoms with Crippen LogP contribution in [-0.4, -0.2) is 15.0 Å². The largest absolute Gasteiger partial charge is 0.208 e. The van der Waals surface area contributed by atoms with E-state index in [4.69, 9.17) is 15.0 Å². The van der Waals surface area contributed by atoms with Gasteiger partial charge in [0.15, 0.2) is 17.5 Å². The molecule has 8 aromatic rings. The number of benzene rings is 7. The number of nitrogens with zero attached hydrogens (tertiary/aromatic N) is 3. The van der Waals surface area contributed by atoms with E-state index < -0.39 is 0 Å². The number of fused-ring (bicyclic) bond motifs is 2. The normalized spacial score (nSPS) is 11.2. The van der Waals surface area contributed by atoms with Gasteiger partial charge in [-0.3, -0.25) is 0 Å². The third-order valence-corrected chi connectivity index (χ3v) is 8.09. The molecule has 8 rings (SSSR count). The Bertz CT molecular complexity index is 2270. The van der Waals surface area contributed by atoms with Crippen molar-refractivity contribution >= 4 is 21.5 Å². The summed E-state index contributed by atoms with van der Waals surface area (Å²) >= 11 is 0. The predicted molar refractivity (Wildman–Crippen MR) is 182 cm³/mol. The molecule has 3 heteroatoms. The fourth-order valence-corrected chi connectivity index (χ4v) is 5.85. The van der Waals surface area contributed by atoms with Crippen molar-refractivity contribution in [2.75, 3.05) is 0 Å². The first-order valence-electron chi connectivity index (χ1n) is 14.8. The van der Waals surface area contributed by atoms with Crippen LogP contribution in [0.2, 0.25) is 0 Å². The Morgan fingerprint density at radius 3 is 1.57 bits per heavy atom. The Morgan fingerprint density at radius 1 is 0.273 bits per heavy atom. The number of aromatic nitrogens is 3. The first kappa shape index (κ1) is 25.8. The number of hydrogen-bond donors (Lipinski definition) is 0. The van der Waals surface area contributed by atoms with E-state index in [1.54, 1.807) is 0 Å². The molecule has 0 bridgehead atoms. The molecule has 206 valence electrons. The van der Waals surface area contributed by atoms with Crippen LogP contribution >= 0.6 is 0 Å². The minimum atomic E-state index is 0.650. The lowest BCUT2D eigenvalue weighted by Crippen LogP contribution is -2.00. The zero-order valence-corrected chi connectivity index (χ0v) is 23.9. The molecule has 0 aliphatic heterocycles. The molecule has 0 saturated carbocycles. The summed E-state index contributed by atoms with van der Waals surface area (Å²) in [7, 11) is 0. The van der Waals surface area contributed by atoms with E-state index in [9.17, 15) is 0 Å². The van der Waals surface area contributed by atoms with Crippen molar-refractivity contribution in [2.24, 2.45) is 0 Å². The summed E-state index contributed by atoms with van der Waals surface area (Å²) in [5.74, 6) is 1.95. The lowest BCUT2D eigenvalue weighted by Gasteiger charge is -2.12. The SMILES string of the molecule is c1ccc(-c2cccc(-c3nc(-c4ccccc4)nc(-c4ccc5c(-c6ccc7ccccc7c6)cccc5c4)n3)c2)cc1. The summed E-state index contributed by atoms with van der Waals surface area (Å²) in [6, 6.07) is 57.1. The van der Waals surface area contributed by atoms with Crippen LogP contribution in [0.5, 0.6) is 0 Å². The fraction of sp³-hybridized carbons (Fsp3) is 0. The molecule has 0 unspecified atom stereocenters. The van der Waals surface area contributed by atoms with Crippen molar-refractivity contribution in [3.8, 4) is 56.4 Å². The van der Waals surface area contributed by atoms with E-state index in [0.717, 1.165) is 33.2 Å². The summed E-state index contributed by atoms with van der Waals surface area (Å²) in [5.41, 5.74) is 7.55. The Hall–Kier alpha value is -5.93. The highest BCUT2D eigenvalue weighted by Gasteiger charge is 2.14. The Kier molecular flexibility index (Phi) is 6.47. The summed E-state index contributed by atoms with van der Waals surface area (Å²) < 4.78 is 0. The molecule has 0 N–H and O–H groups in total. The summed E-state index contributed by atoms with van der Waals surface area (Å²) in [6.07, 6.45) is 0. The average molecular weight is 562 g/mol. The molecule has 1 heterocycles. The molecule has 0 atom stereocenters. The quantitative estimate of drug-likeness (QED) is 0.210. The van der Waals surface area contributed by atoms with Gasteiger partial charge >= 0.3 is 0 Å². The third kappa shape index (κ3) is 4.91. The second-order valence-electron chi connectivity index (χ2n) is 10.9. The summed E-state index contributed by atoms with van der Waals surface area (Å²) in [4.78, 5) is 15.0. The molecule has 0 aliphatic rings. The van der Waals surface area contributed by atoms with Crippen molar-refractivity contribution in [1.82, 2.24) is 15.0 Å². The molecule has 0 saturated heterocycles. The molecular weight excluding hydrogens is 534 g/mol. The summed E-state index contributed by atoms with van der Waals surface area (Å²) in [6.45, 7) is 0. The van der Waals surface area contributed by atoms with Crippen LogP contribution < -0.4 is 0 Å². The van der Waals surface area contributed by atoms with Crippen LogP contribution in [0.4, 0.5) is 0 Å².